The van der Waals surface area contributed by atoms with Crippen molar-refractivity contribution < 1.29 is 4.39 Å². The molecular weight excluding hydrogens is 349 g/mol. The Balaban J connectivity index is 2.18. The Labute approximate surface area is 129 Å². The first-order chi connectivity index (χ1) is 9.10. The summed E-state index contributed by atoms with van der Waals surface area (Å²) in [7, 11) is 0. The van der Waals surface area contributed by atoms with E-state index in [-0.39, 0.29) is 16.9 Å². The molecule has 0 bridgehead atoms. The number of halogens is 3. The summed E-state index contributed by atoms with van der Waals surface area (Å²) in [6, 6.07) is 9.28. The molecule has 1 unspecified atom stereocenters. The van der Waals surface area contributed by atoms with E-state index in [0.717, 1.165) is 22.3 Å². The van der Waals surface area contributed by atoms with E-state index in [1.807, 2.05) is 6.07 Å². The fraction of sp³-hybridized carbons (Fsp3) is 0.286. The van der Waals surface area contributed by atoms with E-state index in [1.165, 1.54) is 10.9 Å². The van der Waals surface area contributed by atoms with Crippen LogP contribution in [0.4, 0.5) is 4.39 Å². The lowest BCUT2D eigenvalue weighted by Crippen LogP contribution is -2.22. The van der Waals surface area contributed by atoms with E-state index in [9.17, 15) is 4.39 Å². The molecule has 0 fully saturated rings. The van der Waals surface area contributed by atoms with Gasteiger partial charge in [0.25, 0.3) is 0 Å². The number of likely N-dealkylation sites (N-methyl/N-ethyl adjacent to an activating group) is 1. The fourth-order valence-electron chi connectivity index (χ4n) is 1.94. The summed E-state index contributed by atoms with van der Waals surface area (Å²) in [5.74, 6) is -0.371. The van der Waals surface area contributed by atoms with Crippen molar-refractivity contribution in [1.82, 2.24) is 5.32 Å². The molecule has 0 aliphatic rings. The average Bonchev–Trinajstić information content (AvgIpc) is 2.80. The Kier molecular flexibility index (Phi) is 5.39. The lowest BCUT2D eigenvalue weighted by molar-refractivity contribution is 0.557. The third kappa shape index (κ3) is 4.02. The Morgan fingerprint density at radius 1 is 1.37 bits per heavy atom. The van der Waals surface area contributed by atoms with Gasteiger partial charge in [-0.1, -0.05) is 24.6 Å². The maximum atomic E-state index is 13.2. The van der Waals surface area contributed by atoms with Crippen LogP contribution < -0.4 is 5.32 Å². The highest BCUT2D eigenvalue weighted by molar-refractivity contribution is 9.11. The van der Waals surface area contributed by atoms with Crippen LogP contribution in [0.5, 0.6) is 0 Å². The smallest absolute Gasteiger partial charge is 0.141 e. The van der Waals surface area contributed by atoms with Crippen LogP contribution in [-0.4, -0.2) is 6.54 Å². The highest BCUT2D eigenvalue weighted by Crippen LogP contribution is 2.30. The van der Waals surface area contributed by atoms with Crippen LogP contribution in [0.2, 0.25) is 5.02 Å². The maximum Gasteiger partial charge on any atom is 0.141 e. The minimum absolute atomic E-state index is 0.181. The van der Waals surface area contributed by atoms with Gasteiger partial charge in [0.2, 0.25) is 0 Å². The standard InChI is InChI=1S/C14H14BrClFNS/c1-2-18-12(13-5-6-14(15)19-13)8-9-3-4-11(17)10(16)7-9/h3-7,12,18H,2,8H2,1H3. The molecule has 0 saturated carbocycles. The van der Waals surface area contributed by atoms with Gasteiger partial charge in [0.05, 0.1) is 8.81 Å². The van der Waals surface area contributed by atoms with Crippen molar-refractivity contribution >= 4 is 38.9 Å². The molecule has 1 atom stereocenters. The first kappa shape index (κ1) is 15.0. The van der Waals surface area contributed by atoms with Gasteiger partial charge in [-0.05, 0) is 58.7 Å². The van der Waals surface area contributed by atoms with E-state index in [1.54, 1.807) is 23.5 Å². The zero-order valence-corrected chi connectivity index (χ0v) is 13.6. The van der Waals surface area contributed by atoms with E-state index < -0.39 is 0 Å². The predicted octanol–water partition coefficient (Wildman–Crippen LogP) is 5.20. The Hall–Kier alpha value is -0.420. The van der Waals surface area contributed by atoms with Crippen molar-refractivity contribution in [2.24, 2.45) is 0 Å². The van der Waals surface area contributed by atoms with Crippen molar-refractivity contribution in [2.75, 3.05) is 6.54 Å². The van der Waals surface area contributed by atoms with Gasteiger partial charge >= 0.3 is 0 Å². The van der Waals surface area contributed by atoms with Crippen molar-refractivity contribution in [1.29, 1.82) is 0 Å². The van der Waals surface area contributed by atoms with Gasteiger partial charge in [-0.3, -0.25) is 0 Å². The molecule has 0 spiro atoms. The summed E-state index contributed by atoms with van der Waals surface area (Å²) in [5, 5.41) is 3.63. The van der Waals surface area contributed by atoms with Crippen LogP contribution in [0.3, 0.4) is 0 Å². The van der Waals surface area contributed by atoms with Gasteiger partial charge in [0.15, 0.2) is 0 Å². The first-order valence-electron chi connectivity index (χ1n) is 6.02. The second kappa shape index (κ2) is 6.84. The molecule has 2 rings (SSSR count). The number of hydrogen-bond acceptors (Lipinski definition) is 2. The summed E-state index contributed by atoms with van der Waals surface area (Å²) in [4.78, 5) is 1.26. The number of thiophene rings is 1. The van der Waals surface area contributed by atoms with Crippen LogP contribution in [0.15, 0.2) is 34.1 Å². The van der Waals surface area contributed by atoms with Gasteiger partial charge in [-0.25, -0.2) is 4.39 Å². The Bertz CT molecular complexity index is 558. The SMILES string of the molecule is CCNC(Cc1ccc(F)c(Cl)c1)c1ccc(Br)s1. The number of hydrogen-bond donors (Lipinski definition) is 1. The van der Waals surface area contributed by atoms with E-state index in [2.05, 4.69) is 34.2 Å². The molecule has 0 radical (unpaired) electrons. The van der Waals surface area contributed by atoms with E-state index in [0.29, 0.717) is 0 Å². The van der Waals surface area contributed by atoms with Crippen LogP contribution in [0.1, 0.15) is 23.4 Å². The lowest BCUT2D eigenvalue weighted by atomic mass is 10.0. The summed E-state index contributed by atoms with van der Waals surface area (Å²) < 4.78 is 14.3. The second-order valence-electron chi connectivity index (χ2n) is 4.20. The lowest BCUT2D eigenvalue weighted by Gasteiger charge is -2.16. The van der Waals surface area contributed by atoms with Crippen LogP contribution in [0, 0.1) is 5.82 Å². The number of rotatable bonds is 5. The largest absolute Gasteiger partial charge is 0.309 e. The molecule has 1 aromatic heterocycles. The van der Waals surface area contributed by atoms with Crippen molar-refractivity contribution in [3.63, 3.8) is 0 Å². The molecule has 1 N–H and O–H groups in total. The molecule has 1 heterocycles. The summed E-state index contributed by atoms with van der Waals surface area (Å²) in [6.07, 6.45) is 0.792. The maximum absolute atomic E-state index is 13.2. The molecule has 0 saturated heterocycles. The van der Waals surface area contributed by atoms with Crippen LogP contribution in [0.25, 0.3) is 0 Å². The average molecular weight is 363 g/mol. The minimum Gasteiger partial charge on any atom is -0.309 e. The highest BCUT2D eigenvalue weighted by Gasteiger charge is 2.14. The summed E-state index contributed by atoms with van der Waals surface area (Å²) in [5.41, 5.74) is 1.03. The van der Waals surface area contributed by atoms with E-state index in [4.69, 9.17) is 11.6 Å². The monoisotopic (exact) mass is 361 g/mol. The van der Waals surface area contributed by atoms with Gasteiger partial charge in [-0.2, -0.15) is 0 Å². The Morgan fingerprint density at radius 3 is 2.74 bits per heavy atom. The van der Waals surface area contributed by atoms with Gasteiger partial charge in [-0.15, -0.1) is 11.3 Å². The van der Waals surface area contributed by atoms with Crippen molar-refractivity contribution in [3.8, 4) is 0 Å². The summed E-state index contributed by atoms with van der Waals surface area (Å²) in [6.45, 7) is 2.96. The second-order valence-corrected chi connectivity index (χ2v) is 7.11. The van der Waals surface area contributed by atoms with Crippen LogP contribution in [-0.2, 0) is 6.42 Å². The molecule has 2 aromatic rings. The highest BCUT2D eigenvalue weighted by atomic mass is 79.9. The molecule has 102 valence electrons. The zero-order chi connectivity index (χ0) is 13.8. The molecule has 5 heteroatoms. The third-order valence-electron chi connectivity index (χ3n) is 2.81. The molecule has 0 aliphatic carbocycles. The number of nitrogens with one attached hydrogen (secondary N) is 1. The molecule has 19 heavy (non-hydrogen) atoms. The summed E-state index contributed by atoms with van der Waals surface area (Å²) >= 11 is 11.0. The molecule has 0 aliphatic heterocycles. The predicted molar refractivity (Wildman–Crippen MR) is 83.6 cm³/mol. The van der Waals surface area contributed by atoms with Gasteiger partial charge in [0, 0.05) is 10.9 Å². The van der Waals surface area contributed by atoms with Gasteiger partial charge < -0.3 is 5.32 Å². The Morgan fingerprint density at radius 2 is 2.16 bits per heavy atom. The first-order valence-corrected chi connectivity index (χ1v) is 8.01. The quantitative estimate of drug-likeness (QED) is 0.771. The third-order valence-corrected chi connectivity index (χ3v) is 4.84. The molecule has 1 aromatic carbocycles. The minimum atomic E-state index is -0.371. The zero-order valence-electron chi connectivity index (χ0n) is 10.4. The molecule has 1 nitrogen and oxygen atoms in total. The van der Waals surface area contributed by atoms with Gasteiger partial charge in [0.1, 0.15) is 5.82 Å². The normalized spacial score (nSPS) is 12.6. The molecule has 0 amide bonds. The number of benzene rings is 1. The topological polar surface area (TPSA) is 12.0 Å². The van der Waals surface area contributed by atoms with E-state index >= 15 is 0 Å². The fourth-order valence-corrected chi connectivity index (χ4v) is 3.64. The van der Waals surface area contributed by atoms with Crippen LogP contribution >= 0.6 is 38.9 Å². The van der Waals surface area contributed by atoms with Crippen molar-refractivity contribution in [2.45, 2.75) is 19.4 Å². The molecular formula is C14H14BrClFNS. The van der Waals surface area contributed by atoms with Crippen molar-refractivity contribution in [3.05, 3.63) is 55.4 Å².